The summed E-state index contributed by atoms with van der Waals surface area (Å²) in [4.78, 5) is 33.0. The molecule has 0 radical (unpaired) electrons. The van der Waals surface area contributed by atoms with Crippen molar-refractivity contribution in [3.63, 3.8) is 0 Å². The van der Waals surface area contributed by atoms with Gasteiger partial charge >= 0.3 is 17.9 Å². The molecule has 2 rings (SSSR count). The Morgan fingerprint density at radius 1 is 0.727 bits per heavy atom. The van der Waals surface area contributed by atoms with Gasteiger partial charge in [0.1, 0.15) is 5.82 Å². The van der Waals surface area contributed by atoms with E-state index in [2.05, 4.69) is 0 Å². The molecule has 2 aromatic carbocycles. The Hall–Kier alpha value is -3.22. The quantitative estimate of drug-likeness (QED) is 0.800. The van der Waals surface area contributed by atoms with E-state index >= 15 is 0 Å². The van der Waals surface area contributed by atoms with Crippen molar-refractivity contribution in [3.8, 4) is 11.1 Å². The SMILES string of the molecule is O=C(O)c1cc(C(=O)O)cc(-c2ccc(F)c(C(=O)O)c2)c1. The number of carboxylic acid groups (broad SMARTS) is 3. The molecule has 7 heteroatoms. The lowest BCUT2D eigenvalue weighted by Crippen LogP contribution is -2.04. The highest BCUT2D eigenvalue weighted by molar-refractivity contribution is 5.96. The van der Waals surface area contributed by atoms with Crippen LogP contribution in [0.3, 0.4) is 0 Å². The van der Waals surface area contributed by atoms with Gasteiger partial charge in [0, 0.05) is 0 Å². The molecule has 0 unspecified atom stereocenters. The average Bonchev–Trinajstić information content (AvgIpc) is 2.46. The third-order valence-electron chi connectivity index (χ3n) is 2.96. The van der Waals surface area contributed by atoms with E-state index in [1.54, 1.807) is 0 Å². The fraction of sp³-hybridized carbons (Fsp3) is 0. The number of halogens is 1. The van der Waals surface area contributed by atoms with Gasteiger partial charge in [-0.25, -0.2) is 18.8 Å². The Kier molecular flexibility index (Phi) is 3.89. The largest absolute Gasteiger partial charge is 0.478 e. The van der Waals surface area contributed by atoms with Gasteiger partial charge in [0.2, 0.25) is 0 Å². The molecule has 0 atom stereocenters. The maximum atomic E-state index is 13.4. The van der Waals surface area contributed by atoms with Crippen LogP contribution in [0.1, 0.15) is 31.1 Å². The molecular formula is C15H9FO6. The first kappa shape index (κ1) is 15.2. The molecule has 0 spiro atoms. The maximum Gasteiger partial charge on any atom is 0.338 e. The van der Waals surface area contributed by atoms with Gasteiger partial charge in [0.05, 0.1) is 16.7 Å². The molecule has 0 aliphatic rings. The molecule has 0 saturated carbocycles. The Morgan fingerprint density at radius 3 is 1.73 bits per heavy atom. The van der Waals surface area contributed by atoms with Gasteiger partial charge in [0.25, 0.3) is 0 Å². The molecule has 0 fully saturated rings. The molecule has 0 aliphatic carbocycles. The van der Waals surface area contributed by atoms with Crippen LogP contribution in [0.4, 0.5) is 4.39 Å². The van der Waals surface area contributed by atoms with Crippen molar-refractivity contribution in [1.82, 2.24) is 0 Å². The lowest BCUT2D eigenvalue weighted by atomic mass is 9.98. The first-order valence-electron chi connectivity index (χ1n) is 5.94. The zero-order chi connectivity index (χ0) is 16.4. The van der Waals surface area contributed by atoms with Gasteiger partial charge in [-0.1, -0.05) is 6.07 Å². The van der Waals surface area contributed by atoms with Crippen LogP contribution in [0.25, 0.3) is 11.1 Å². The summed E-state index contributed by atoms with van der Waals surface area (Å²) in [5, 5.41) is 26.9. The summed E-state index contributed by atoms with van der Waals surface area (Å²) in [5.74, 6) is -5.08. The number of rotatable bonds is 4. The lowest BCUT2D eigenvalue weighted by molar-refractivity contribution is 0.0679. The molecule has 112 valence electrons. The van der Waals surface area contributed by atoms with Gasteiger partial charge in [0.15, 0.2) is 0 Å². The van der Waals surface area contributed by atoms with Crippen molar-refractivity contribution in [2.45, 2.75) is 0 Å². The first-order chi connectivity index (χ1) is 10.3. The van der Waals surface area contributed by atoms with Crippen LogP contribution in [-0.4, -0.2) is 33.2 Å². The van der Waals surface area contributed by atoms with Gasteiger partial charge in [-0.15, -0.1) is 0 Å². The Balaban J connectivity index is 2.66. The summed E-state index contributed by atoms with van der Waals surface area (Å²) in [7, 11) is 0. The molecule has 0 saturated heterocycles. The topological polar surface area (TPSA) is 112 Å². The summed E-state index contributed by atoms with van der Waals surface area (Å²) in [6.07, 6.45) is 0. The summed E-state index contributed by atoms with van der Waals surface area (Å²) in [6.45, 7) is 0. The van der Waals surface area contributed by atoms with Crippen LogP contribution < -0.4 is 0 Å². The second-order valence-corrected chi connectivity index (χ2v) is 4.41. The van der Waals surface area contributed by atoms with Crippen molar-refractivity contribution in [1.29, 1.82) is 0 Å². The zero-order valence-electron chi connectivity index (χ0n) is 10.9. The number of aromatic carboxylic acids is 3. The molecule has 3 N–H and O–H groups in total. The predicted molar refractivity (Wildman–Crippen MR) is 72.7 cm³/mol. The molecule has 6 nitrogen and oxygen atoms in total. The van der Waals surface area contributed by atoms with Crippen LogP contribution in [-0.2, 0) is 0 Å². The standard InChI is InChI=1S/C15H9FO6/c16-12-2-1-7(6-11(12)15(21)22)8-3-9(13(17)18)5-10(4-8)14(19)20/h1-6H,(H,17,18)(H,19,20)(H,21,22). The van der Waals surface area contributed by atoms with Crippen LogP contribution in [0.2, 0.25) is 0 Å². The van der Waals surface area contributed by atoms with E-state index in [0.717, 1.165) is 18.2 Å². The average molecular weight is 304 g/mol. The summed E-state index contributed by atoms with van der Waals surface area (Å²) in [6, 6.07) is 6.54. The van der Waals surface area contributed by atoms with E-state index in [1.165, 1.54) is 18.2 Å². The zero-order valence-corrected chi connectivity index (χ0v) is 10.9. The van der Waals surface area contributed by atoms with Gasteiger partial charge in [-0.2, -0.15) is 0 Å². The van der Waals surface area contributed by atoms with Crippen molar-refractivity contribution < 1.29 is 34.1 Å². The third kappa shape index (κ3) is 2.93. The number of hydrogen-bond acceptors (Lipinski definition) is 3. The minimum Gasteiger partial charge on any atom is -0.478 e. The molecule has 0 amide bonds. The Bertz CT molecular complexity index is 764. The third-order valence-corrected chi connectivity index (χ3v) is 2.96. The Labute approximate surface area is 123 Å². The number of hydrogen-bond donors (Lipinski definition) is 3. The minimum atomic E-state index is -1.48. The van der Waals surface area contributed by atoms with Gasteiger partial charge in [-0.05, 0) is 41.5 Å². The van der Waals surface area contributed by atoms with E-state index in [9.17, 15) is 18.8 Å². The molecule has 0 aliphatic heterocycles. The van der Waals surface area contributed by atoms with Crippen molar-refractivity contribution in [3.05, 3.63) is 58.9 Å². The summed E-state index contributed by atoms with van der Waals surface area (Å²) in [5.41, 5.74) is -0.758. The first-order valence-corrected chi connectivity index (χ1v) is 5.94. The molecule has 22 heavy (non-hydrogen) atoms. The second kappa shape index (κ2) is 5.65. The number of carbonyl (C=O) groups is 3. The highest BCUT2D eigenvalue weighted by Crippen LogP contribution is 2.25. The van der Waals surface area contributed by atoms with Crippen LogP contribution in [0, 0.1) is 5.82 Å². The van der Waals surface area contributed by atoms with Crippen LogP contribution >= 0.6 is 0 Å². The van der Waals surface area contributed by atoms with E-state index in [1.807, 2.05) is 0 Å². The minimum absolute atomic E-state index is 0.166. The molecule has 0 heterocycles. The van der Waals surface area contributed by atoms with Crippen LogP contribution in [0.15, 0.2) is 36.4 Å². The Morgan fingerprint density at radius 2 is 1.27 bits per heavy atom. The van der Waals surface area contributed by atoms with E-state index in [4.69, 9.17) is 15.3 Å². The number of carboxylic acids is 3. The second-order valence-electron chi connectivity index (χ2n) is 4.41. The summed E-state index contributed by atoms with van der Waals surface area (Å²) < 4.78 is 13.4. The van der Waals surface area contributed by atoms with E-state index in [-0.39, 0.29) is 22.3 Å². The molecule has 0 bridgehead atoms. The lowest BCUT2D eigenvalue weighted by Gasteiger charge is -2.07. The van der Waals surface area contributed by atoms with Gasteiger partial charge in [-0.3, -0.25) is 0 Å². The van der Waals surface area contributed by atoms with Crippen molar-refractivity contribution in [2.75, 3.05) is 0 Å². The molecule has 0 aromatic heterocycles. The van der Waals surface area contributed by atoms with E-state index < -0.39 is 29.3 Å². The van der Waals surface area contributed by atoms with Gasteiger partial charge < -0.3 is 15.3 Å². The summed E-state index contributed by atoms with van der Waals surface area (Å²) >= 11 is 0. The van der Waals surface area contributed by atoms with Crippen molar-refractivity contribution >= 4 is 17.9 Å². The van der Waals surface area contributed by atoms with Crippen LogP contribution in [0.5, 0.6) is 0 Å². The maximum absolute atomic E-state index is 13.4. The van der Waals surface area contributed by atoms with E-state index in [0.29, 0.717) is 0 Å². The number of benzene rings is 2. The monoisotopic (exact) mass is 304 g/mol. The smallest absolute Gasteiger partial charge is 0.338 e. The highest BCUT2D eigenvalue weighted by atomic mass is 19.1. The van der Waals surface area contributed by atoms with Crippen molar-refractivity contribution in [2.24, 2.45) is 0 Å². The fourth-order valence-corrected chi connectivity index (χ4v) is 1.91. The fourth-order valence-electron chi connectivity index (χ4n) is 1.91. The normalized spacial score (nSPS) is 10.2. The highest BCUT2D eigenvalue weighted by Gasteiger charge is 2.15. The molecule has 2 aromatic rings. The molecular weight excluding hydrogens is 295 g/mol. The predicted octanol–water partition coefficient (Wildman–Crippen LogP) is 2.59.